The summed E-state index contributed by atoms with van der Waals surface area (Å²) >= 11 is 3.40. The molecule has 0 spiro atoms. The molecular weight excluding hydrogens is 361 g/mol. The first kappa shape index (κ1) is 16.7. The minimum atomic E-state index is -0.569. The molecule has 0 heterocycles. The Morgan fingerprint density at radius 2 is 1.87 bits per heavy atom. The second-order valence-corrected chi connectivity index (χ2v) is 5.59. The molecule has 0 saturated heterocycles. The monoisotopic (exact) mass is 373 g/mol. The smallest absolute Gasteiger partial charge is 0.267 e. The van der Waals surface area contributed by atoms with E-state index in [-0.39, 0.29) is 5.57 Å². The Morgan fingerprint density at radius 3 is 2.48 bits per heavy atom. The number of aryl methyl sites for hydroxylation is 1. The standard InChI is InChI=1S/C17H13BrFN3O/c1-11-8-15(6-7-16(11)18)21-10-12(9-20)17(23)22-14-4-2-13(19)3-5-14/h2-8,10,21H,1H3,(H,22,23)/b12-10-. The van der Waals surface area contributed by atoms with E-state index < -0.39 is 11.7 Å². The van der Waals surface area contributed by atoms with Gasteiger partial charge in [-0.1, -0.05) is 15.9 Å². The van der Waals surface area contributed by atoms with E-state index in [1.165, 1.54) is 30.5 Å². The van der Waals surface area contributed by atoms with E-state index in [0.29, 0.717) is 5.69 Å². The van der Waals surface area contributed by atoms with Crippen molar-refractivity contribution in [1.82, 2.24) is 0 Å². The fraction of sp³-hybridized carbons (Fsp3) is 0.0588. The van der Waals surface area contributed by atoms with Gasteiger partial charge in [-0.25, -0.2) is 4.39 Å². The van der Waals surface area contributed by atoms with Crippen LogP contribution in [0.15, 0.2) is 58.7 Å². The molecular formula is C17H13BrFN3O. The number of carbonyl (C=O) groups excluding carboxylic acids is 1. The van der Waals surface area contributed by atoms with Crippen LogP contribution in [0.4, 0.5) is 15.8 Å². The van der Waals surface area contributed by atoms with E-state index in [1.54, 1.807) is 0 Å². The van der Waals surface area contributed by atoms with Gasteiger partial charge in [-0.05, 0) is 55.0 Å². The lowest BCUT2D eigenvalue weighted by molar-refractivity contribution is -0.112. The maximum atomic E-state index is 12.8. The Balaban J connectivity index is 2.08. The second kappa shape index (κ2) is 7.56. The van der Waals surface area contributed by atoms with Gasteiger partial charge in [0.1, 0.15) is 17.5 Å². The molecule has 116 valence electrons. The van der Waals surface area contributed by atoms with Crippen LogP contribution >= 0.6 is 15.9 Å². The fourth-order valence-electron chi connectivity index (χ4n) is 1.77. The minimum Gasteiger partial charge on any atom is -0.360 e. The highest BCUT2D eigenvalue weighted by atomic mass is 79.9. The molecule has 0 saturated carbocycles. The average Bonchev–Trinajstić information content (AvgIpc) is 2.53. The van der Waals surface area contributed by atoms with Crippen molar-refractivity contribution in [3.8, 4) is 6.07 Å². The number of nitriles is 1. The number of nitrogens with zero attached hydrogens (tertiary/aromatic N) is 1. The van der Waals surface area contributed by atoms with E-state index in [9.17, 15) is 9.18 Å². The zero-order chi connectivity index (χ0) is 16.8. The molecule has 2 aromatic carbocycles. The molecule has 2 N–H and O–H groups in total. The summed E-state index contributed by atoms with van der Waals surface area (Å²) in [5, 5.41) is 14.6. The summed E-state index contributed by atoms with van der Waals surface area (Å²) in [4.78, 5) is 12.0. The van der Waals surface area contributed by atoms with Crippen LogP contribution in [0.1, 0.15) is 5.56 Å². The molecule has 0 radical (unpaired) electrons. The van der Waals surface area contributed by atoms with Crippen LogP contribution in [0.2, 0.25) is 0 Å². The summed E-state index contributed by atoms with van der Waals surface area (Å²) in [6.07, 6.45) is 1.33. The van der Waals surface area contributed by atoms with Crippen molar-refractivity contribution in [3.63, 3.8) is 0 Å². The molecule has 0 aliphatic rings. The van der Waals surface area contributed by atoms with Gasteiger partial charge in [0, 0.05) is 22.0 Å². The summed E-state index contributed by atoms with van der Waals surface area (Å²) in [5.41, 5.74) is 2.11. The summed E-state index contributed by atoms with van der Waals surface area (Å²) in [7, 11) is 0. The quantitative estimate of drug-likeness (QED) is 0.618. The lowest BCUT2D eigenvalue weighted by Gasteiger charge is -2.06. The summed E-state index contributed by atoms with van der Waals surface area (Å²) < 4.78 is 13.8. The molecule has 2 aromatic rings. The SMILES string of the molecule is Cc1cc(N/C=C(/C#N)C(=O)Nc2ccc(F)cc2)ccc1Br. The van der Waals surface area contributed by atoms with E-state index >= 15 is 0 Å². The summed E-state index contributed by atoms with van der Waals surface area (Å²) in [5.74, 6) is -0.966. The summed E-state index contributed by atoms with van der Waals surface area (Å²) in [6.45, 7) is 1.94. The van der Waals surface area contributed by atoms with Crippen molar-refractivity contribution >= 4 is 33.2 Å². The Bertz CT molecular complexity index is 794. The molecule has 0 atom stereocenters. The van der Waals surface area contributed by atoms with Gasteiger partial charge in [0.2, 0.25) is 0 Å². The van der Waals surface area contributed by atoms with Gasteiger partial charge < -0.3 is 10.6 Å². The Labute approximate surface area is 141 Å². The average molecular weight is 374 g/mol. The van der Waals surface area contributed by atoms with Gasteiger partial charge in [-0.15, -0.1) is 0 Å². The fourth-order valence-corrected chi connectivity index (χ4v) is 2.02. The number of hydrogen-bond acceptors (Lipinski definition) is 3. The highest BCUT2D eigenvalue weighted by Gasteiger charge is 2.09. The number of benzene rings is 2. The molecule has 0 bridgehead atoms. The predicted molar refractivity (Wildman–Crippen MR) is 91.2 cm³/mol. The van der Waals surface area contributed by atoms with E-state index in [2.05, 4.69) is 26.6 Å². The van der Waals surface area contributed by atoms with Crippen molar-refractivity contribution in [2.24, 2.45) is 0 Å². The van der Waals surface area contributed by atoms with Gasteiger partial charge in [0.15, 0.2) is 0 Å². The number of halogens is 2. The number of carbonyl (C=O) groups is 1. The van der Waals surface area contributed by atoms with Gasteiger partial charge >= 0.3 is 0 Å². The van der Waals surface area contributed by atoms with Crippen molar-refractivity contribution in [2.45, 2.75) is 6.92 Å². The molecule has 4 nitrogen and oxygen atoms in total. The molecule has 0 fully saturated rings. The van der Waals surface area contributed by atoms with Crippen LogP contribution in [0.5, 0.6) is 0 Å². The highest BCUT2D eigenvalue weighted by Crippen LogP contribution is 2.20. The van der Waals surface area contributed by atoms with Crippen molar-refractivity contribution in [3.05, 3.63) is 70.1 Å². The van der Waals surface area contributed by atoms with E-state index in [0.717, 1.165) is 15.7 Å². The van der Waals surface area contributed by atoms with E-state index in [4.69, 9.17) is 5.26 Å². The highest BCUT2D eigenvalue weighted by molar-refractivity contribution is 9.10. The number of rotatable bonds is 4. The number of hydrogen-bond donors (Lipinski definition) is 2. The molecule has 1 amide bonds. The first-order valence-corrected chi connectivity index (χ1v) is 7.49. The van der Waals surface area contributed by atoms with Crippen LogP contribution in [0, 0.1) is 24.1 Å². The number of nitrogens with one attached hydrogen (secondary N) is 2. The topological polar surface area (TPSA) is 64.9 Å². The molecule has 6 heteroatoms. The third-order valence-electron chi connectivity index (χ3n) is 3.01. The Hall–Kier alpha value is -2.65. The largest absolute Gasteiger partial charge is 0.360 e. The maximum absolute atomic E-state index is 12.8. The van der Waals surface area contributed by atoms with Crippen LogP contribution in [0.3, 0.4) is 0 Å². The lowest BCUT2D eigenvalue weighted by atomic mass is 10.2. The van der Waals surface area contributed by atoms with Crippen LogP contribution in [-0.4, -0.2) is 5.91 Å². The molecule has 2 rings (SSSR count). The molecule has 0 aliphatic heterocycles. The van der Waals surface area contributed by atoms with Gasteiger partial charge in [-0.3, -0.25) is 4.79 Å². The van der Waals surface area contributed by atoms with Crippen LogP contribution in [0.25, 0.3) is 0 Å². The molecule has 0 aliphatic carbocycles. The zero-order valence-electron chi connectivity index (χ0n) is 12.2. The van der Waals surface area contributed by atoms with Crippen molar-refractivity contribution < 1.29 is 9.18 Å². The molecule has 23 heavy (non-hydrogen) atoms. The van der Waals surface area contributed by atoms with Crippen molar-refractivity contribution in [2.75, 3.05) is 10.6 Å². The lowest BCUT2D eigenvalue weighted by Crippen LogP contribution is -2.14. The third kappa shape index (κ3) is 4.66. The maximum Gasteiger partial charge on any atom is 0.267 e. The van der Waals surface area contributed by atoms with Crippen LogP contribution in [-0.2, 0) is 4.79 Å². The van der Waals surface area contributed by atoms with Gasteiger partial charge in [0.25, 0.3) is 5.91 Å². The Morgan fingerprint density at radius 1 is 1.22 bits per heavy atom. The first-order chi connectivity index (χ1) is 11.0. The predicted octanol–water partition coefficient (Wildman–Crippen LogP) is 4.35. The zero-order valence-corrected chi connectivity index (χ0v) is 13.8. The second-order valence-electron chi connectivity index (χ2n) is 4.74. The van der Waals surface area contributed by atoms with E-state index in [1.807, 2.05) is 31.2 Å². The van der Waals surface area contributed by atoms with Crippen molar-refractivity contribution in [1.29, 1.82) is 5.26 Å². The van der Waals surface area contributed by atoms with Crippen LogP contribution < -0.4 is 10.6 Å². The summed E-state index contributed by atoms with van der Waals surface area (Å²) in [6, 6.07) is 12.7. The van der Waals surface area contributed by atoms with Gasteiger partial charge in [-0.2, -0.15) is 5.26 Å². The normalized spacial score (nSPS) is 10.8. The Kier molecular flexibility index (Phi) is 5.50. The minimum absolute atomic E-state index is 0.0881. The van der Waals surface area contributed by atoms with Gasteiger partial charge in [0.05, 0.1) is 0 Å². The third-order valence-corrected chi connectivity index (χ3v) is 3.90. The molecule has 0 aromatic heterocycles. The molecule has 0 unspecified atom stereocenters. The first-order valence-electron chi connectivity index (χ1n) is 6.69. The number of amides is 1. The number of anilines is 2.